The lowest BCUT2D eigenvalue weighted by Gasteiger charge is -2.36. The van der Waals surface area contributed by atoms with E-state index in [1.54, 1.807) is 20.8 Å². The number of likely N-dealkylation sites (tertiary alicyclic amines) is 1. The monoisotopic (exact) mass is 365 g/mol. The average Bonchev–Trinajstić information content (AvgIpc) is 2.34. The molecule has 0 unspecified atom stereocenters. The Morgan fingerprint density at radius 3 is 2.04 bits per heavy atom. The van der Waals surface area contributed by atoms with E-state index in [1.807, 2.05) is 0 Å². The molecule has 1 fully saturated rings. The van der Waals surface area contributed by atoms with Crippen LogP contribution in [0.1, 0.15) is 33.6 Å². The lowest BCUT2D eigenvalue weighted by molar-refractivity contribution is -0.0602. The van der Waals surface area contributed by atoms with Crippen molar-refractivity contribution in [3.63, 3.8) is 0 Å². The van der Waals surface area contributed by atoms with Crippen LogP contribution in [0, 0.1) is 0 Å². The summed E-state index contributed by atoms with van der Waals surface area (Å²) in [7, 11) is -5.83. The molecule has 1 rings (SSSR count). The van der Waals surface area contributed by atoms with E-state index in [1.165, 1.54) is 4.90 Å². The second-order valence-corrected chi connectivity index (χ2v) is 7.89. The first kappa shape index (κ1) is 19.9. The average molecular weight is 365 g/mol. The van der Waals surface area contributed by atoms with Crippen LogP contribution in [0.3, 0.4) is 0 Å². The summed E-state index contributed by atoms with van der Waals surface area (Å²) in [6.07, 6.45) is -1.36. The maximum Gasteiger partial charge on any atom is 0.523 e. The van der Waals surface area contributed by atoms with E-state index < -0.39 is 39.6 Å². The molecule has 1 aliphatic rings. The Bertz CT molecular complexity index is 533. The Hall–Kier alpha value is -1.10. The van der Waals surface area contributed by atoms with Crippen molar-refractivity contribution in [2.24, 2.45) is 0 Å². The highest BCUT2D eigenvalue weighted by molar-refractivity contribution is 7.87. The molecular formula is C12H19F4NO5S. The van der Waals surface area contributed by atoms with E-state index in [-0.39, 0.29) is 25.9 Å². The highest BCUT2D eigenvalue weighted by Crippen LogP contribution is 2.31. The summed E-state index contributed by atoms with van der Waals surface area (Å²) in [6, 6.07) is 0. The van der Waals surface area contributed by atoms with Gasteiger partial charge >= 0.3 is 21.7 Å². The predicted molar refractivity (Wildman–Crippen MR) is 71.8 cm³/mol. The van der Waals surface area contributed by atoms with Crippen LogP contribution in [0.5, 0.6) is 0 Å². The number of hydrogen-bond acceptors (Lipinski definition) is 5. The van der Waals surface area contributed by atoms with Gasteiger partial charge in [0.25, 0.3) is 0 Å². The summed E-state index contributed by atoms with van der Waals surface area (Å²) in [5, 5.41) is 0. The third-order valence-corrected chi connectivity index (χ3v) is 4.06. The number of amides is 1. The normalized spacial score (nSPS) is 19.5. The molecule has 0 spiro atoms. The molecule has 6 nitrogen and oxygen atoms in total. The first-order chi connectivity index (χ1) is 10.2. The van der Waals surface area contributed by atoms with Gasteiger partial charge in [0, 0.05) is 25.9 Å². The fourth-order valence-electron chi connectivity index (χ4n) is 1.81. The molecular weight excluding hydrogens is 346 g/mol. The maximum atomic E-state index is 14.3. The number of halogens is 4. The van der Waals surface area contributed by atoms with Crippen LogP contribution in [-0.4, -0.2) is 55.9 Å². The van der Waals surface area contributed by atoms with Crippen molar-refractivity contribution in [3.05, 3.63) is 0 Å². The van der Waals surface area contributed by atoms with Crippen LogP contribution >= 0.6 is 0 Å². The number of alkyl halides is 4. The summed E-state index contributed by atoms with van der Waals surface area (Å²) in [6.45, 7) is 3.51. The fourth-order valence-corrected chi connectivity index (χ4v) is 2.31. The van der Waals surface area contributed by atoms with Gasteiger partial charge in [0.2, 0.25) is 0 Å². The van der Waals surface area contributed by atoms with E-state index >= 15 is 0 Å². The van der Waals surface area contributed by atoms with Crippen LogP contribution in [0.15, 0.2) is 0 Å². The van der Waals surface area contributed by atoms with Gasteiger partial charge in [0.05, 0.1) is 0 Å². The van der Waals surface area contributed by atoms with Crippen LogP contribution in [-0.2, 0) is 19.0 Å². The van der Waals surface area contributed by atoms with Gasteiger partial charge in [-0.15, -0.1) is 0 Å². The summed E-state index contributed by atoms with van der Waals surface area (Å²) < 4.78 is 81.1. The molecule has 0 aromatic heterocycles. The lowest BCUT2D eigenvalue weighted by atomic mass is 9.95. The zero-order valence-corrected chi connectivity index (χ0v) is 13.8. The van der Waals surface area contributed by atoms with Crippen LogP contribution < -0.4 is 0 Å². The first-order valence-corrected chi connectivity index (χ1v) is 8.19. The maximum absolute atomic E-state index is 14.3. The summed E-state index contributed by atoms with van der Waals surface area (Å²) >= 11 is 0. The Morgan fingerprint density at radius 2 is 1.65 bits per heavy atom. The highest BCUT2D eigenvalue weighted by atomic mass is 32.2. The number of carbonyl (C=O) groups excluding carboxylic acids is 1. The zero-order chi connectivity index (χ0) is 18.1. The molecule has 0 aliphatic carbocycles. The molecule has 1 heterocycles. The third-order valence-electron chi connectivity index (χ3n) is 3.07. The van der Waals surface area contributed by atoms with Crippen molar-refractivity contribution in [3.8, 4) is 0 Å². The predicted octanol–water partition coefficient (Wildman–Crippen LogP) is 2.59. The second-order valence-electron chi connectivity index (χ2n) is 6.28. The van der Waals surface area contributed by atoms with Crippen LogP contribution in [0.2, 0.25) is 0 Å². The van der Waals surface area contributed by atoms with E-state index in [9.17, 15) is 30.8 Å². The van der Waals surface area contributed by atoms with Gasteiger partial charge < -0.3 is 9.64 Å². The van der Waals surface area contributed by atoms with Crippen molar-refractivity contribution in [2.75, 3.05) is 19.7 Å². The SMILES string of the molecule is CC(C)(C)OC(=O)N1CCC(F)(COS(=O)(=O)C(F)(F)F)CC1. The van der Waals surface area contributed by atoms with Crippen LogP contribution in [0.4, 0.5) is 22.4 Å². The van der Waals surface area contributed by atoms with E-state index in [4.69, 9.17) is 4.74 Å². The lowest BCUT2D eigenvalue weighted by Crippen LogP contribution is -2.48. The van der Waals surface area contributed by atoms with Gasteiger partial charge in [0.1, 0.15) is 17.9 Å². The Balaban J connectivity index is 2.56. The minimum Gasteiger partial charge on any atom is -0.444 e. The smallest absolute Gasteiger partial charge is 0.444 e. The molecule has 11 heteroatoms. The van der Waals surface area contributed by atoms with Gasteiger partial charge in [-0.05, 0) is 20.8 Å². The molecule has 23 heavy (non-hydrogen) atoms. The van der Waals surface area contributed by atoms with Gasteiger partial charge in [-0.2, -0.15) is 21.6 Å². The molecule has 0 N–H and O–H groups in total. The molecule has 0 aromatic carbocycles. The number of hydrogen-bond donors (Lipinski definition) is 0. The van der Waals surface area contributed by atoms with Gasteiger partial charge in [-0.25, -0.2) is 9.18 Å². The molecule has 0 radical (unpaired) electrons. The molecule has 1 saturated heterocycles. The standard InChI is InChI=1S/C12H19F4NO5S/c1-10(2,3)22-9(18)17-6-4-11(13,5-7-17)8-21-23(19,20)12(14,15)16/h4-8H2,1-3H3. The van der Waals surface area contributed by atoms with Crippen molar-refractivity contribution in [2.45, 2.75) is 50.4 Å². The minimum absolute atomic E-state index is 0.110. The van der Waals surface area contributed by atoms with Crippen LogP contribution in [0.25, 0.3) is 0 Å². The zero-order valence-electron chi connectivity index (χ0n) is 12.9. The Labute approximate surface area is 131 Å². The molecule has 1 aliphatic heterocycles. The largest absolute Gasteiger partial charge is 0.523 e. The minimum atomic E-state index is -5.83. The van der Waals surface area contributed by atoms with Crippen molar-refractivity contribution < 1.29 is 39.7 Å². The third kappa shape index (κ3) is 5.79. The number of carbonyl (C=O) groups is 1. The van der Waals surface area contributed by atoms with Crippen molar-refractivity contribution >= 4 is 16.2 Å². The van der Waals surface area contributed by atoms with Gasteiger partial charge in [-0.1, -0.05) is 0 Å². The highest BCUT2D eigenvalue weighted by Gasteiger charge is 2.49. The number of rotatable bonds is 3. The molecule has 1 amide bonds. The van der Waals surface area contributed by atoms with E-state index in [2.05, 4.69) is 4.18 Å². The number of nitrogens with zero attached hydrogens (tertiary/aromatic N) is 1. The van der Waals surface area contributed by atoms with Crippen molar-refractivity contribution in [1.82, 2.24) is 4.90 Å². The molecule has 0 atom stereocenters. The van der Waals surface area contributed by atoms with Gasteiger partial charge in [-0.3, -0.25) is 4.18 Å². The first-order valence-electron chi connectivity index (χ1n) is 6.78. The topological polar surface area (TPSA) is 72.9 Å². The Kier molecular flexibility index (Phi) is 5.57. The number of ether oxygens (including phenoxy) is 1. The molecule has 0 bridgehead atoms. The summed E-state index contributed by atoms with van der Waals surface area (Å²) in [4.78, 5) is 13.0. The fraction of sp³-hybridized carbons (Fsp3) is 0.917. The van der Waals surface area contributed by atoms with E-state index in [0.29, 0.717) is 0 Å². The molecule has 136 valence electrons. The summed E-state index contributed by atoms with van der Waals surface area (Å²) in [5.74, 6) is 0. The number of piperidine rings is 1. The molecule has 0 saturated carbocycles. The Morgan fingerprint density at radius 1 is 1.17 bits per heavy atom. The molecule has 0 aromatic rings. The van der Waals surface area contributed by atoms with E-state index in [0.717, 1.165) is 0 Å². The summed E-state index contributed by atoms with van der Waals surface area (Å²) in [5.41, 5.74) is -8.58. The van der Waals surface area contributed by atoms with Gasteiger partial charge in [0.15, 0.2) is 0 Å². The van der Waals surface area contributed by atoms with Crippen molar-refractivity contribution in [1.29, 1.82) is 0 Å². The quantitative estimate of drug-likeness (QED) is 0.437. The second kappa shape index (κ2) is 6.42.